The van der Waals surface area contributed by atoms with Gasteiger partial charge in [0.2, 0.25) is 0 Å². The van der Waals surface area contributed by atoms with Crippen molar-refractivity contribution in [2.24, 2.45) is 0 Å². The molecule has 9 aromatic carbocycles. The second-order valence-electron chi connectivity index (χ2n) is 13.6. The molecule has 11 aromatic rings. The van der Waals surface area contributed by atoms with Gasteiger partial charge in [0.1, 0.15) is 11.2 Å². The summed E-state index contributed by atoms with van der Waals surface area (Å²) in [6, 6.07) is 61.6. The van der Waals surface area contributed by atoms with Crippen LogP contribution in [0, 0.1) is 0 Å². The van der Waals surface area contributed by atoms with E-state index in [0.717, 1.165) is 55.1 Å². The first kappa shape index (κ1) is 29.5. The molecule has 4 nitrogen and oxygen atoms in total. The zero-order valence-corrected chi connectivity index (χ0v) is 28.5. The number of furan rings is 1. The Balaban J connectivity index is 1.16. The second kappa shape index (κ2) is 11.7. The molecule has 0 aliphatic carbocycles. The normalized spacial score (nSPS) is 11.8. The van der Waals surface area contributed by atoms with Crippen LogP contribution in [0.2, 0.25) is 0 Å². The third-order valence-electron chi connectivity index (χ3n) is 10.5. The van der Waals surface area contributed by atoms with E-state index < -0.39 is 0 Å². The molecule has 0 bridgehead atoms. The van der Waals surface area contributed by atoms with Crippen molar-refractivity contribution in [3.05, 3.63) is 176 Å². The molecule has 2 aromatic heterocycles. The lowest BCUT2D eigenvalue weighted by Crippen LogP contribution is -2.00. The van der Waals surface area contributed by atoms with Gasteiger partial charge in [0.25, 0.3) is 0 Å². The lowest BCUT2D eigenvalue weighted by Gasteiger charge is -2.14. The van der Waals surface area contributed by atoms with Crippen LogP contribution in [0.3, 0.4) is 0 Å². The van der Waals surface area contributed by atoms with Crippen LogP contribution in [0.25, 0.3) is 110 Å². The molecule has 4 heteroatoms. The zero-order chi connectivity index (χ0) is 34.9. The number of benzene rings is 9. The predicted octanol–water partition coefficient (Wildman–Crippen LogP) is 13.1. The van der Waals surface area contributed by atoms with Crippen LogP contribution >= 0.6 is 0 Å². The van der Waals surface area contributed by atoms with Crippen molar-refractivity contribution in [2.45, 2.75) is 0 Å². The fourth-order valence-electron chi connectivity index (χ4n) is 8.01. The third-order valence-corrected chi connectivity index (χ3v) is 10.5. The molecule has 0 radical (unpaired) electrons. The molecule has 2 heterocycles. The van der Waals surface area contributed by atoms with E-state index in [1.54, 1.807) is 0 Å². The number of rotatable bonds is 4. The Kier molecular flexibility index (Phi) is 6.52. The SMILES string of the molecule is c1ccc(-c2nc(-c3ccc4ccccc4c3)nc(-c3cccc4oc5c(-c6cc7ccccc7c7c6ccc6ccccc67)cccc5c34)n2)cc1. The molecule has 0 unspecified atom stereocenters. The lowest BCUT2D eigenvalue weighted by atomic mass is 9.89. The Hall–Kier alpha value is -7.17. The Labute approximate surface area is 304 Å². The van der Waals surface area contributed by atoms with Gasteiger partial charge in [0.05, 0.1) is 0 Å². The average Bonchev–Trinajstić information content (AvgIpc) is 3.62. The maximum absolute atomic E-state index is 6.86. The fraction of sp³-hybridized carbons (Fsp3) is 0. The van der Waals surface area contributed by atoms with Gasteiger partial charge in [-0.1, -0.05) is 158 Å². The number of fused-ring (bicyclic) bond motifs is 9. The summed E-state index contributed by atoms with van der Waals surface area (Å²) in [6.45, 7) is 0. The molecule has 53 heavy (non-hydrogen) atoms. The summed E-state index contributed by atoms with van der Waals surface area (Å²) < 4.78 is 6.86. The van der Waals surface area contributed by atoms with Crippen molar-refractivity contribution in [1.29, 1.82) is 0 Å². The molecule has 0 saturated heterocycles. The maximum Gasteiger partial charge on any atom is 0.164 e. The smallest absolute Gasteiger partial charge is 0.164 e. The molecule has 0 amide bonds. The van der Waals surface area contributed by atoms with Crippen molar-refractivity contribution in [3.8, 4) is 45.3 Å². The number of hydrogen-bond donors (Lipinski definition) is 0. The molecule has 0 saturated carbocycles. The predicted molar refractivity (Wildman–Crippen MR) is 219 cm³/mol. The summed E-state index contributed by atoms with van der Waals surface area (Å²) in [5.74, 6) is 1.85. The standard InChI is InChI=1S/C49H29N3O/c1-2-14-32(15-3-1)47-50-48(35-25-24-30-12-4-5-16-33(30)28-35)52-49(51-47)41-22-11-23-43-45(41)40-21-10-20-39(46(40)53-43)42-29-34-17-7-9-19-37(34)44-36-18-8-6-13-31(36)26-27-38(42)44/h1-29H. The van der Waals surface area contributed by atoms with E-state index in [0.29, 0.717) is 17.5 Å². The van der Waals surface area contributed by atoms with Crippen LogP contribution in [0.5, 0.6) is 0 Å². The molecular formula is C49H29N3O. The van der Waals surface area contributed by atoms with Gasteiger partial charge in [-0.25, -0.2) is 15.0 Å². The highest BCUT2D eigenvalue weighted by Gasteiger charge is 2.21. The molecule has 0 aliphatic rings. The minimum atomic E-state index is 0.600. The molecule has 0 aliphatic heterocycles. The molecule has 246 valence electrons. The Morgan fingerprint density at radius 3 is 1.79 bits per heavy atom. The maximum atomic E-state index is 6.86. The molecule has 0 N–H and O–H groups in total. The minimum absolute atomic E-state index is 0.600. The van der Waals surface area contributed by atoms with E-state index in [4.69, 9.17) is 19.4 Å². The zero-order valence-electron chi connectivity index (χ0n) is 28.5. The van der Waals surface area contributed by atoms with Gasteiger partial charge in [-0.2, -0.15) is 0 Å². The topological polar surface area (TPSA) is 51.8 Å². The number of aromatic nitrogens is 3. The minimum Gasteiger partial charge on any atom is -0.455 e. The number of nitrogens with zero attached hydrogens (tertiary/aromatic N) is 3. The fourth-order valence-corrected chi connectivity index (χ4v) is 8.01. The summed E-state index contributed by atoms with van der Waals surface area (Å²) in [5, 5.41) is 11.7. The van der Waals surface area contributed by atoms with Crippen LogP contribution in [0.4, 0.5) is 0 Å². The van der Waals surface area contributed by atoms with Gasteiger partial charge in [-0.15, -0.1) is 0 Å². The van der Waals surface area contributed by atoms with Gasteiger partial charge in [0.15, 0.2) is 17.5 Å². The summed E-state index contributed by atoms with van der Waals surface area (Å²) in [7, 11) is 0. The summed E-state index contributed by atoms with van der Waals surface area (Å²) in [6.07, 6.45) is 0. The van der Waals surface area contributed by atoms with Crippen molar-refractivity contribution in [1.82, 2.24) is 15.0 Å². The van der Waals surface area contributed by atoms with Crippen LogP contribution in [0.15, 0.2) is 180 Å². The van der Waals surface area contributed by atoms with Crippen LogP contribution in [-0.4, -0.2) is 15.0 Å². The highest BCUT2D eigenvalue weighted by molar-refractivity contribution is 6.25. The van der Waals surface area contributed by atoms with E-state index in [1.165, 1.54) is 37.7 Å². The highest BCUT2D eigenvalue weighted by atomic mass is 16.3. The number of hydrogen-bond acceptors (Lipinski definition) is 4. The van der Waals surface area contributed by atoms with E-state index in [2.05, 4.69) is 133 Å². The van der Waals surface area contributed by atoms with E-state index in [1.807, 2.05) is 42.5 Å². The molecule has 0 atom stereocenters. The average molecular weight is 676 g/mol. The summed E-state index contributed by atoms with van der Waals surface area (Å²) in [4.78, 5) is 15.3. The Morgan fingerprint density at radius 2 is 0.943 bits per heavy atom. The van der Waals surface area contributed by atoms with Crippen molar-refractivity contribution in [3.63, 3.8) is 0 Å². The summed E-state index contributed by atoms with van der Waals surface area (Å²) >= 11 is 0. The van der Waals surface area contributed by atoms with Crippen LogP contribution < -0.4 is 0 Å². The second-order valence-corrected chi connectivity index (χ2v) is 13.6. The lowest BCUT2D eigenvalue weighted by molar-refractivity contribution is 0.670. The van der Waals surface area contributed by atoms with E-state index in [-0.39, 0.29) is 0 Å². The van der Waals surface area contributed by atoms with Gasteiger partial charge in [0, 0.05) is 33.0 Å². The van der Waals surface area contributed by atoms with Gasteiger partial charge >= 0.3 is 0 Å². The monoisotopic (exact) mass is 675 g/mol. The van der Waals surface area contributed by atoms with E-state index in [9.17, 15) is 0 Å². The van der Waals surface area contributed by atoms with Crippen LogP contribution in [-0.2, 0) is 0 Å². The molecule has 0 fully saturated rings. The Morgan fingerprint density at radius 1 is 0.321 bits per heavy atom. The number of para-hydroxylation sites is 1. The highest BCUT2D eigenvalue weighted by Crippen LogP contribution is 2.44. The van der Waals surface area contributed by atoms with Crippen molar-refractivity contribution >= 4 is 65.0 Å². The van der Waals surface area contributed by atoms with Crippen LogP contribution in [0.1, 0.15) is 0 Å². The first-order valence-corrected chi connectivity index (χ1v) is 17.9. The summed E-state index contributed by atoms with van der Waals surface area (Å²) in [5.41, 5.74) is 6.58. The van der Waals surface area contributed by atoms with Crippen molar-refractivity contribution < 1.29 is 4.42 Å². The van der Waals surface area contributed by atoms with Gasteiger partial charge in [-0.3, -0.25) is 0 Å². The molecule has 11 rings (SSSR count). The largest absolute Gasteiger partial charge is 0.455 e. The van der Waals surface area contributed by atoms with Gasteiger partial charge in [-0.05, 0) is 66.9 Å². The molecule has 0 spiro atoms. The first-order chi connectivity index (χ1) is 26.3. The quantitative estimate of drug-likeness (QED) is 0.174. The first-order valence-electron chi connectivity index (χ1n) is 17.9. The van der Waals surface area contributed by atoms with Crippen molar-refractivity contribution in [2.75, 3.05) is 0 Å². The Bertz CT molecular complexity index is 3220. The van der Waals surface area contributed by atoms with Gasteiger partial charge < -0.3 is 4.42 Å². The third kappa shape index (κ3) is 4.73. The van der Waals surface area contributed by atoms with E-state index >= 15 is 0 Å². The molecular weight excluding hydrogens is 647 g/mol.